The van der Waals surface area contributed by atoms with Crippen LogP contribution in [0.2, 0.25) is 0 Å². The first kappa shape index (κ1) is 14.2. The molecule has 1 saturated carbocycles. The van der Waals surface area contributed by atoms with Crippen molar-refractivity contribution in [3.05, 3.63) is 53.1 Å². The van der Waals surface area contributed by atoms with Crippen molar-refractivity contribution in [2.24, 2.45) is 0 Å². The zero-order chi connectivity index (χ0) is 14.8. The second-order valence-electron chi connectivity index (χ2n) is 6.00. The molecular weight excluding hydrogens is 258 g/mol. The molecular formula is C19H23NO. The highest BCUT2D eigenvalue weighted by Crippen LogP contribution is 2.30. The number of nitrogens with one attached hydrogen (secondary N) is 1. The van der Waals surface area contributed by atoms with Crippen molar-refractivity contribution in [2.75, 3.05) is 7.11 Å². The zero-order valence-electron chi connectivity index (χ0n) is 13.1. The lowest BCUT2D eigenvalue weighted by Crippen LogP contribution is -2.15. The molecule has 110 valence electrons. The van der Waals surface area contributed by atoms with Crippen LogP contribution in [-0.4, -0.2) is 13.2 Å². The largest absolute Gasteiger partial charge is 0.496 e. The van der Waals surface area contributed by atoms with Gasteiger partial charge in [0, 0.05) is 18.2 Å². The van der Waals surface area contributed by atoms with Gasteiger partial charge >= 0.3 is 0 Å². The van der Waals surface area contributed by atoms with E-state index in [-0.39, 0.29) is 0 Å². The molecule has 1 aliphatic rings. The second-order valence-corrected chi connectivity index (χ2v) is 6.00. The molecule has 2 aromatic carbocycles. The van der Waals surface area contributed by atoms with E-state index < -0.39 is 0 Å². The number of methoxy groups -OCH3 is 1. The van der Waals surface area contributed by atoms with E-state index in [1.54, 1.807) is 7.11 Å². The van der Waals surface area contributed by atoms with Gasteiger partial charge in [-0.15, -0.1) is 0 Å². The van der Waals surface area contributed by atoms with Gasteiger partial charge in [-0.25, -0.2) is 0 Å². The maximum atomic E-state index is 5.50. The average molecular weight is 281 g/mol. The first-order valence-electron chi connectivity index (χ1n) is 7.65. The summed E-state index contributed by atoms with van der Waals surface area (Å²) in [5.74, 6) is 0.969. The molecule has 0 amide bonds. The van der Waals surface area contributed by atoms with Gasteiger partial charge in [-0.2, -0.15) is 0 Å². The molecule has 1 fully saturated rings. The Balaban J connectivity index is 1.92. The summed E-state index contributed by atoms with van der Waals surface area (Å²) >= 11 is 0. The van der Waals surface area contributed by atoms with Crippen LogP contribution in [0.25, 0.3) is 11.1 Å². The standard InChI is InChI=1S/C19H23NO/c1-13-4-8-18(14(2)10-13)15-5-9-19(21-3)16(11-15)12-20-17-6-7-17/h4-5,8-11,17,20H,6-7,12H2,1-3H3. The Morgan fingerprint density at radius 3 is 2.57 bits per heavy atom. The van der Waals surface area contributed by atoms with Gasteiger partial charge < -0.3 is 10.1 Å². The molecule has 1 aliphatic carbocycles. The van der Waals surface area contributed by atoms with Crippen LogP contribution in [-0.2, 0) is 6.54 Å². The minimum atomic E-state index is 0.708. The van der Waals surface area contributed by atoms with Crippen LogP contribution in [0.5, 0.6) is 5.75 Å². The fourth-order valence-electron chi connectivity index (χ4n) is 2.76. The van der Waals surface area contributed by atoms with E-state index in [1.807, 2.05) is 0 Å². The quantitative estimate of drug-likeness (QED) is 0.885. The lowest BCUT2D eigenvalue weighted by molar-refractivity contribution is 0.407. The Labute approximate surface area is 127 Å². The van der Waals surface area contributed by atoms with Gasteiger partial charge in [0.2, 0.25) is 0 Å². The molecule has 3 rings (SSSR count). The van der Waals surface area contributed by atoms with Gasteiger partial charge in [-0.1, -0.05) is 29.8 Å². The topological polar surface area (TPSA) is 21.3 Å². The average Bonchev–Trinajstić information content (AvgIpc) is 3.29. The van der Waals surface area contributed by atoms with Gasteiger partial charge in [-0.3, -0.25) is 0 Å². The van der Waals surface area contributed by atoms with Crippen molar-refractivity contribution in [2.45, 2.75) is 39.3 Å². The number of hydrogen-bond donors (Lipinski definition) is 1. The van der Waals surface area contributed by atoms with Crippen molar-refractivity contribution in [3.63, 3.8) is 0 Å². The molecule has 0 spiro atoms. The van der Waals surface area contributed by atoms with E-state index in [0.29, 0.717) is 6.04 Å². The molecule has 0 bridgehead atoms. The van der Waals surface area contributed by atoms with Crippen LogP contribution >= 0.6 is 0 Å². The molecule has 1 N–H and O–H groups in total. The third-order valence-electron chi connectivity index (χ3n) is 4.13. The van der Waals surface area contributed by atoms with Crippen LogP contribution in [0.15, 0.2) is 36.4 Å². The van der Waals surface area contributed by atoms with Gasteiger partial charge in [0.25, 0.3) is 0 Å². The summed E-state index contributed by atoms with van der Waals surface area (Å²) in [6.07, 6.45) is 2.61. The summed E-state index contributed by atoms with van der Waals surface area (Å²) in [7, 11) is 1.74. The van der Waals surface area contributed by atoms with E-state index in [9.17, 15) is 0 Å². The third-order valence-corrected chi connectivity index (χ3v) is 4.13. The summed E-state index contributed by atoms with van der Waals surface area (Å²) in [5, 5.41) is 3.57. The van der Waals surface area contributed by atoms with Crippen LogP contribution < -0.4 is 10.1 Å². The van der Waals surface area contributed by atoms with E-state index in [2.05, 4.69) is 55.6 Å². The van der Waals surface area contributed by atoms with Crippen LogP contribution in [0.4, 0.5) is 0 Å². The summed E-state index contributed by atoms with van der Waals surface area (Å²) in [6.45, 7) is 5.19. The Bertz CT molecular complexity index is 644. The molecule has 0 unspecified atom stereocenters. The second kappa shape index (κ2) is 5.90. The van der Waals surface area contributed by atoms with Crippen molar-refractivity contribution in [1.29, 1.82) is 0 Å². The van der Waals surface area contributed by atoms with Gasteiger partial charge in [0.15, 0.2) is 0 Å². The predicted molar refractivity (Wildman–Crippen MR) is 87.8 cm³/mol. The van der Waals surface area contributed by atoms with Crippen LogP contribution in [0.3, 0.4) is 0 Å². The number of ether oxygens (including phenoxy) is 1. The number of aryl methyl sites for hydroxylation is 2. The molecule has 2 aromatic rings. The first-order valence-corrected chi connectivity index (χ1v) is 7.65. The molecule has 0 atom stereocenters. The van der Waals surface area contributed by atoms with Crippen molar-refractivity contribution in [1.82, 2.24) is 5.32 Å². The number of benzene rings is 2. The normalized spacial score (nSPS) is 14.2. The van der Waals surface area contributed by atoms with Gasteiger partial charge in [-0.05, 0) is 55.5 Å². The summed E-state index contributed by atoms with van der Waals surface area (Å²) < 4.78 is 5.50. The smallest absolute Gasteiger partial charge is 0.123 e. The maximum absolute atomic E-state index is 5.50. The lowest BCUT2D eigenvalue weighted by atomic mass is 9.97. The Morgan fingerprint density at radius 2 is 1.90 bits per heavy atom. The molecule has 0 aliphatic heterocycles. The summed E-state index contributed by atoms with van der Waals surface area (Å²) in [6, 6.07) is 13.8. The van der Waals surface area contributed by atoms with Crippen molar-refractivity contribution in [3.8, 4) is 16.9 Å². The molecule has 0 saturated heterocycles. The van der Waals surface area contributed by atoms with Crippen molar-refractivity contribution < 1.29 is 4.74 Å². The number of rotatable bonds is 5. The Hall–Kier alpha value is -1.80. The van der Waals surface area contributed by atoms with Crippen LogP contribution in [0, 0.1) is 13.8 Å². The summed E-state index contributed by atoms with van der Waals surface area (Å²) in [4.78, 5) is 0. The highest BCUT2D eigenvalue weighted by atomic mass is 16.5. The van der Waals surface area contributed by atoms with E-state index in [0.717, 1.165) is 12.3 Å². The number of hydrogen-bond acceptors (Lipinski definition) is 2. The Morgan fingerprint density at radius 1 is 1.10 bits per heavy atom. The molecule has 2 nitrogen and oxygen atoms in total. The predicted octanol–water partition coefficient (Wildman–Crippen LogP) is 4.23. The van der Waals surface area contributed by atoms with Gasteiger partial charge in [0.05, 0.1) is 7.11 Å². The highest BCUT2D eigenvalue weighted by Gasteiger charge is 2.20. The summed E-state index contributed by atoms with van der Waals surface area (Å²) in [5.41, 5.74) is 6.43. The van der Waals surface area contributed by atoms with E-state index in [1.165, 1.54) is 40.7 Å². The lowest BCUT2D eigenvalue weighted by Gasteiger charge is -2.13. The SMILES string of the molecule is COc1ccc(-c2ccc(C)cc2C)cc1CNC1CC1. The van der Waals surface area contributed by atoms with Crippen LogP contribution in [0.1, 0.15) is 29.5 Å². The molecule has 0 heterocycles. The van der Waals surface area contributed by atoms with E-state index in [4.69, 9.17) is 4.74 Å². The molecule has 0 aromatic heterocycles. The fraction of sp³-hybridized carbons (Fsp3) is 0.368. The Kier molecular flexibility index (Phi) is 3.98. The molecule has 21 heavy (non-hydrogen) atoms. The van der Waals surface area contributed by atoms with E-state index >= 15 is 0 Å². The first-order chi connectivity index (χ1) is 10.2. The third kappa shape index (κ3) is 3.27. The maximum Gasteiger partial charge on any atom is 0.123 e. The van der Waals surface area contributed by atoms with Crippen molar-refractivity contribution >= 4 is 0 Å². The monoisotopic (exact) mass is 281 g/mol. The molecule has 0 radical (unpaired) electrons. The highest BCUT2D eigenvalue weighted by molar-refractivity contribution is 5.69. The van der Waals surface area contributed by atoms with Gasteiger partial charge in [0.1, 0.15) is 5.75 Å². The molecule has 2 heteroatoms. The zero-order valence-corrected chi connectivity index (χ0v) is 13.1. The minimum Gasteiger partial charge on any atom is -0.496 e. The fourth-order valence-corrected chi connectivity index (χ4v) is 2.76. The minimum absolute atomic E-state index is 0.708.